The molecule has 0 aliphatic rings. The molecule has 0 unspecified atom stereocenters. The summed E-state index contributed by atoms with van der Waals surface area (Å²) in [7, 11) is 0. The summed E-state index contributed by atoms with van der Waals surface area (Å²) in [4.78, 5) is 41.6. The average molecular weight is 333 g/mol. The van der Waals surface area contributed by atoms with Crippen LogP contribution in [-0.2, 0) is 0 Å². The standard InChI is InChI=1S/C13H7N3O8/c17-13(8-4-2-1-3-5-8)24-12-10(15(20)21)6-9(14(18)19)7-11(12)16(22)23/h1-7H. The third-order valence-corrected chi connectivity index (χ3v) is 2.84. The van der Waals surface area contributed by atoms with E-state index in [1.54, 1.807) is 6.07 Å². The lowest BCUT2D eigenvalue weighted by molar-refractivity contribution is -0.404. The minimum absolute atomic E-state index is 0.000510. The zero-order valence-corrected chi connectivity index (χ0v) is 11.6. The Morgan fingerprint density at radius 2 is 1.33 bits per heavy atom. The number of non-ortho nitro benzene ring substituents is 1. The number of nitro groups is 3. The number of carbonyl (C=O) groups is 1. The van der Waals surface area contributed by atoms with E-state index in [4.69, 9.17) is 4.74 Å². The maximum absolute atomic E-state index is 12.0. The van der Waals surface area contributed by atoms with E-state index >= 15 is 0 Å². The first kappa shape index (κ1) is 16.5. The Morgan fingerprint density at radius 3 is 1.75 bits per heavy atom. The summed E-state index contributed by atoms with van der Waals surface area (Å²) in [5.41, 5.74) is -2.98. The van der Waals surface area contributed by atoms with Crippen LogP contribution in [0.25, 0.3) is 0 Å². The number of rotatable bonds is 5. The summed E-state index contributed by atoms with van der Waals surface area (Å²) >= 11 is 0. The van der Waals surface area contributed by atoms with Crippen LogP contribution in [0.4, 0.5) is 17.1 Å². The van der Waals surface area contributed by atoms with Gasteiger partial charge in [0.1, 0.15) is 0 Å². The molecule has 0 amide bonds. The smallest absolute Gasteiger partial charge is 0.344 e. The molecule has 24 heavy (non-hydrogen) atoms. The largest absolute Gasteiger partial charge is 0.408 e. The van der Waals surface area contributed by atoms with Crippen LogP contribution in [0.1, 0.15) is 10.4 Å². The van der Waals surface area contributed by atoms with Gasteiger partial charge in [0.15, 0.2) is 0 Å². The van der Waals surface area contributed by atoms with Gasteiger partial charge >= 0.3 is 17.3 Å². The summed E-state index contributed by atoms with van der Waals surface area (Å²) in [6, 6.07) is 8.25. The van der Waals surface area contributed by atoms with Crippen molar-refractivity contribution in [1.29, 1.82) is 0 Å². The van der Waals surface area contributed by atoms with Gasteiger partial charge in [-0.1, -0.05) is 18.2 Å². The predicted octanol–water partition coefficient (Wildman–Crippen LogP) is 2.63. The molecular formula is C13H7N3O8. The maximum atomic E-state index is 12.0. The molecule has 2 aromatic rings. The summed E-state index contributed by atoms with van der Waals surface area (Å²) in [6.07, 6.45) is 0. The van der Waals surface area contributed by atoms with Gasteiger partial charge in [-0.05, 0) is 12.1 Å². The quantitative estimate of drug-likeness (QED) is 0.350. The average Bonchev–Trinajstić information content (AvgIpc) is 2.54. The predicted molar refractivity (Wildman–Crippen MR) is 77.8 cm³/mol. The van der Waals surface area contributed by atoms with Gasteiger partial charge in [0, 0.05) is 0 Å². The van der Waals surface area contributed by atoms with Crippen LogP contribution >= 0.6 is 0 Å². The molecule has 0 aromatic heterocycles. The highest BCUT2D eigenvalue weighted by Crippen LogP contribution is 2.40. The second-order valence-electron chi connectivity index (χ2n) is 4.34. The molecule has 122 valence electrons. The van der Waals surface area contributed by atoms with Crippen LogP contribution in [0.2, 0.25) is 0 Å². The Balaban J connectivity index is 2.58. The molecule has 0 bridgehead atoms. The molecule has 2 aromatic carbocycles. The van der Waals surface area contributed by atoms with Crippen molar-refractivity contribution < 1.29 is 24.3 Å². The lowest BCUT2D eigenvalue weighted by Crippen LogP contribution is -2.11. The van der Waals surface area contributed by atoms with Crippen molar-refractivity contribution in [3.8, 4) is 5.75 Å². The minimum atomic E-state index is -1.10. The number of benzene rings is 2. The van der Waals surface area contributed by atoms with E-state index in [0.29, 0.717) is 12.1 Å². The van der Waals surface area contributed by atoms with Gasteiger partial charge in [-0.3, -0.25) is 30.3 Å². The molecule has 2 rings (SSSR count). The van der Waals surface area contributed by atoms with Crippen LogP contribution in [-0.4, -0.2) is 20.7 Å². The third-order valence-electron chi connectivity index (χ3n) is 2.84. The Kier molecular flexibility index (Phi) is 4.45. The molecule has 11 nitrogen and oxygen atoms in total. The number of carbonyl (C=O) groups excluding carboxylic acids is 1. The van der Waals surface area contributed by atoms with Crippen LogP contribution in [0.5, 0.6) is 5.75 Å². The van der Waals surface area contributed by atoms with E-state index in [1.807, 2.05) is 0 Å². The number of ether oxygens (including phenoxy) is 1. The van der Waals surface area contributed by atoms with Crippen molar-refractivity contribution in [1.82, 2.24) is 0 Å². The highest BCUT2D eigenvalue weighted by Gasteiger charge is 2.33. The zero-order chi connectivity index (χ0) is 17.9. The molecule has 0 fully saturated rings. The molecule has 0 heterocycles. The van der Waals surface area contributed by atoms with E-state index in [-0.39, 0.29) is 5.56 Å². The van der Waals surface area contributed by atoms with Crippen molar-refractivity contribution in [2.75, 3.05) is 0 Å². The Bertz CT molecular complexity index is 815. The topological polar surface area (TPSA) is 156 Å². The monoisotopic (exact) mass is 333 g/mol. The lowest BCUT2D eigenvalue weighted by atomic mass is 10.2. The van der Waals surface area contributed by atoms with E-state index in [9.17, 15) is 35.1 Å². The van der Waals surface area contributed by atoms with Crippen LogP contribution in [0.15, 0.2) is 42.5 Å². The van der Waals surface area contributed by atoms with E-state index < -0.39 is 43.6 Å². The second-order valence-corrected chi connectivity index (χ2v) is 4.34. The maximum Gasteiger partial charge on any atom is 0.344 e. The molecule has 11 heteroatoms. The first-order valence-corrected chi connectivity index (χ1v) is 6.19. The molecule has 0 N–H and O–H groups in total. The van der Waals surface area contributed by atoms with Crippen LogP contribution in [0, 0.1) is 30.3 Å². The molecule has 0 spiro atoms. The molecular weight excluding hydrogens is 326 g/mol. The molecule has 0 atom stereocenters. The SMILES string of the molecule is O=C(Oc1c([N+](=O)[O-])cc([N+](=O)[O-])cc1[N+](=O)[O-])c1ccccc1. The zero-order valence-electron chi connectivity index (χ0n) is 11.6. The fourth-order valence-electron chi connectivity index (χ4n) is 1.79. The van der Waals surface area contributed by atoms with E-state index in [1.165, 1.54) is 24.3 Å². The first-order chi connectivity index (χ1) is 11.3. The molecule has 0 aliphatic carbocycles. The molecule has 0 aliphatic heterocycles. The number of hydrogen-bond donors (Lipinski definition) is 0. The fourth-order valence-corrected chi connectivity index (χ4v) is 1.79. The highest BCUT2D eigenvalue weighted by molar-refractivity contribution is 5.92. The van der Waals surface area contributed by atoms with Gasteiger partial charge in [-0.15, -0.1) is 0 Å². The molecule has 0 radical (unpaired) electrons. The Morgan fingerprint density at radius 1 is 0.833 bits per heavy atom. The van der Waals surface area contributed by atoms with Gasteiger partial charge in [0.2, 0.25) is 0 Å². The van der Waals surface area contributed by atoms with Crippen molar-refractivity contribution in [3.05, 3.63) is 78.4 Å². The summed E-state index contributed by atoms with van der Waals surface area (Å²) in [6.45, 7) is 0. The minimum Gasteiger partial charge on any atom is -0.408 e. The van der Waals surface area contributed by atoms with E-state index in [2.05, 4.69) is 0 Å². The fraction of sp³-hybridized carbons (Fsp3) is 0. The van der Waals surface area contributed by atoms with Crippen molar-refractivity contribution in [2.45, 2.75) is 0 Å². The summed E-state index contributed by atoms with van der Waals surface area (Å²) < 4.78 is 4.78. The first-order valence-electron chi connectivity index (χ1n) is 6.19. The van der Waals surface area contributed by atoms with Crippen molar-refractivity contribution in [3.63, 3.8) is 0 Å². The van der Waals surface area contributed by atoms with Gasteiger partial charge < -0.3 is 4.74 Å². The normalized spacial score (nSPS) is 10.0. The second kappa shape index (κ2) is 6.48. The van der Waals surface area contributed by atoms with Gasteiger partial charge in [-0.2, -0.15) is 0 Å². The summed E-state index contributed by atoms with van der Waals surface area (Å²) in [5.74, 6) is -2.04. The Labute approximate surface area is 132 Å². The number of nitro benzene ring substituents is 3. The number of esters is 1. The molecule has 0 saturated carbocycles. The molecule has 0 saturated heterocycles. The van der Waals surface area contributed by atoms with Crippen molar-refractivity contribution in [2.24, 2.45) is 0 Å². The van der Waals surface area contributed by atoms with Gasteiger partial charge in [0.05, 0.1) is 32.5 Å². The third kappa shape index (κ3) is 3.30. The van der Waals surface area contributed by atoms with E-state index in [0.717, 1.165) is 0 Å². The van der Waals surface area contributed by atoms with Crippen LogP contribution < -0.4 is 4.74 Å². The van der Waals surface area contributed by atoms with Crippen LogP contribution in [0.3, 0.4) is 0 Å². The Hall–Kier alpha value is -3.89. The highest BCUT2D eigenvalue weighted by atomic mass is 16.6. The van der Waals surface area contributed by atoms with Gasteiger partial charge in [-0.25, -0.2) is 4.79 Å². The lowest BCUT2D eigenvalue weighted by Gasteiger charge is -2.06. The number of hydrogen-bond acceptors (Lipinski definition) is 8. The van der Waals surface area contributed by atoms with Gasteiger partial charge in [0.25, 0.3) is 11.4 Å². The number of nitrogens with zero attached hydrogens (tertiary/aromatic N) is 3. The van der Waals surface area contributed by atoms with Crippen molar-refractivity contribution >= 4 is 23.0 Å². The summed E-state index contributed by atoms with van der Waals surface area (Å²) in [5, 5.41) is 32.9.